The molecule has 1 unspecified atom stereocenters. The van der Waals surface area contributed by atoms with Crippen molar-refractivity contribution in [1.82, 2.24) is 40.1 Å². The van der Waals surface area contributed by atoms with E-state index < -0.39 is 11.9 Å². The summed E-state index contributed by atoms with van der Waals surface area (Å²) in [7, 11) is 3.66. The monoisotopic (exact) mass is 611 g/mol. The Kier molecular flexibility index (Phi) is 7.94. The van der Waals surface area contributed by atoms with E-state index in [1.54, 1.807) is 6.07 Å². The van der Waals surface area contributed by atoms with Crippen molar-refractivity contribution >= 4 is 23.4 Å². The molecule has 4 heterocycles. The Morgan fingerprint density at radius 1 is 1.04 bits per heavy atom. The third-order valence-electron chi connectivity index (χ3n) is 9.04. The van der Waals surface area contributed by atoms with Crippen LogP contribution in [0.15, 0.2) is 48.7 Å². The molecule has 1 saturated heterocycles. The van der Waals surface area contributed by atoms with Crippen molar-refractivity contribution in [3.8, 4) is 5.75 Å². The first-order valence-electron chi connectivity index (χ1n) is 15.5. The SMILES string of the molecule is CNC(=O)c1nc(NC(=O)N[C@H]2CC[C@@H](Oc3ccc4nnc(C5(C)CCCN5C)n4c3)c3ccccc32)cc(C(C)(C)C)n1. The van der Waals surface area contributed by atoms with Crippen LogP contribution in [-0.2, 0) is 11.0 Å². The predicted molar refractivity (Wildman–Crippen MR) is 170 cm³/mol. The molecule has 3 N–H and O–H groups in total. The highest BCUT2D eigenvalue weighted by atomic mass is 16.5. The van der Waals surface area contributed by atoms with E-state index in [1.807, 2.05) is 61.7 Å². The lowest BCUT2D eigenvalue weighted by atomic mass is 9.85. The molecule has 236 valence electrons. The number of pyridine rings is 1. The van der Waals surface area contributed by atoms with Crippen LogP contribution < -0.4 is 20.7 Å². The van der Waals surface area contributed by atoms with Crippen LogP contribution in [0.25, 0.3) is 5.65 Å². The van der Waals surface area contributed by atoms with Gasteiger partial charge in [-0.25, -0.2) is 14.8 Å². The Morgan fingerprint density at radius 2 is 1.82 bits per heavy atom. The van der Waals surface area contributed by atoms with E-state index >= 15 is 0 Å². The Bertz CT molecular complexity index is 1750. The second-order valence-electron chi connectivity index (χ2n) is 13.2. The van der Waals surface area contributed by atoms with E-state index in [-0.39, 0.29) is 34.7 Å². The number of carbonyl (C=O) groups is 2. The number of hydrogen-bond donors (Lipinski definition) is 3. The number of hydrogen-bond acceptors (Lipinski definition) is 8. The highest BCUT2D eigenvalue weighted by Gasteiger charge is 2.40. The molecule has 4 aromatic rings. The number of likely N-dealkylation sites (tertiary alicyclic amines) is 1. The zero-order valence-corrected chi connectivity index (χ0v) is 26.7. The van der Waals surface area contributed by atoms with Crippen LogP contribution in [0.4, 0.5) is 10.6 Å². The number of rotatable bonds is 6. The van der Waals surface area contributed by atoms with E-state index in [0.717, 1.165) is 47.7 Å². The number of nitrogens with one attached hydrogen (secondary N) is 3. The second kappa shape index (κ2) is 11.7. The van der Waals surface area contributed by atoms with Gasteiger partial charge in [-0.2, -0.15) is 0 Å². The Hall–Kier alpha value is -4.58. The first kappa shape index (κ1) is 30.4. The summed E-state index contributed by atoms with van der Waals surface area (Å²) in [5.74, 6) is 1.50. The fraction of sp³-hybridized carbons (Fsp3) is 0.455. The number of nitrogens with zero attached hydrogens (tertiary/aromatic N) is 6. The van der Waals surface area contributed by atoms with E-state index in [4.69, 9.17) is 4.74 Å². The minimum absolute atomic E-state index is 0.00405. The van der Waals surface area contributed by atoms with Gasteiger partial charge in [-0.3, -0.25) is 19.4 Å². The smallest absolute Gasteiger partial charge is 0.320 e. The van der Waals surface area contributed by atoms with Gasteiger partial charge >= 0.3 is 6.03 Å². The van der Waals surface area contributed by atoms with Crippen LogP contribution >= 0.6 is 0 Å². The first-order chi connectivity index (χ1) is 21.5. The minimum atomic E-state index is -0.420. The van der Waals surface area contributed by atoms with E-state index in [2.05, 4.69) is 61.1 Å². The normalized spacial score (nSPS) is 21.7. The molecule has 6 rings (SSSR count). The molecule has 3 atom stereocenters. The van der Waals surface area contributed by atoms with Crippen molar-refractivity contribution in [2.45, 2.75) is 76.5 Å². The average molecular weight is 612 g/mol. The van der Waals surface area contributed by atoms with Crippen LogP contribution in [0.1, 0.15) is 98.8 Å². The van der Waals surface area contributed by atoms with Gasteiger partial charge in [0, 0.05) is 18.5 Å². The number of ether oxygens (including phenoxy) is 1. The fourth-order valence-corrected chi connectivity index (χ4v) is 6.30. The zero-order valence-electron chi connectivity index (χ0n) is 26.7. The van der Waals surface area contributed by atoms with Crippen LogP contribution in [0.2, 0.25) is 0 Å². The van der Waals surface area contributed by atoms with Crippen molar-refractivity contribution in [3.05, 3.63) is 77.1 Å². The van der Waals surface area contributed by atoms with Crippen LogP contribution in [-0.4, -0.2) is 62.0 Å². The maximum atomic E-state index is 13.2. The molecule has 1 aromatic carbocycles. The summed E-state index contributed by atoms with van der Waals surface area (Å²) >= 11 is 0. The van der Waals surface area contributed by atoms with E-state index in [9.17, 15) is 9.59 Å². The van der Waals surface area contributed by atoms with Crippen molar-refractivity contribution in [1.29, 1.82) is 0 Å². The van der Waals surface area contributed by atoms with Crippen LogP contribution in [0.5, 0.6) is 5.75 Å². The summed E-state index contributed by atoms with van der Waals surface area (Å²) in [4.78, 5) is 36.6. The number of amides is 3. The quantitative estimate of drug-likeness (QED) is 0.280. The van der Waals surface area contributed by atoms with Gasteiger partial charge in [0.05, 0.1) is 23.5 Å². The number of fused-ring (bicyclic) bond motifs is 2. The molecule has 1 fully saturated rings. The molecule has 0 saturated carbocycles. The zero-order chi connectivity index (χ0) is 31.9. The minimum Gasteiger partial charge on any atom is -0.484 e. The first-order valence-corrected chi connectivity index (χ1v) is 15.5. The molecule has 0 radical (unpaired) electrons. The van der Waals surface area contributed by atoms with Gasteiger partial charge in [0.15, 0.2) is 11.5 Å². The second-order valence-corrected chi connectivity index (χ2v) is 13.2. The van der Waals surface area contributed by atoms with Crippen molar-refractivity contribution in [3.63, 3.8) is 0 Å². The van der Waals surface area contributed by atoms with Crippen LogP contribution in [0.3, 0.4) is 0 Å². The molecule has 2 aliphatic rings. The largest absolute Gasteiger partial charge is 0.484 e. The maximum absolute atomic E-state index is 13.2. The molecule has 12 heteroatoms. The summed E-state index contributed by atoms with van der Waals surface area (Å²) in [6.45, 7) is 9.22. The third kappa shape index (κ3) is 5.94. The Labute approximate surface area is 263 Å². The molecule has 3 aromatic heterocycles. The number of benzene rings is 1. The molecular formula is C33H41N9O3. The summed E-state index contributed by atoms with van der Waals surface area (Å²) < 4.78 is 8.65. The van der Waals surface area contributed by atoms with Gasteiger partial charge in [-0.05, 0) is 69.5 Å². The van der Waals surface area contributed by atoms with Gasteiger partial charge < -0.3 is 15.4 Å². The maximum Gasteiger partial charge on any atom is 0.320 e. The van der Waals surface area contributed by atoms with Gasteiger partial charge in [0.2, 0.25) is 5.82 Å². The molecule has 0 spiro atoms. The number of anilines is 1. The lowest BCUT2D eigenvalue weighted by Crippen LogP contribution is -2.37. The topological polar surface area (TPSA) is 139 Å². The summed E-state index contributed by atoms with van der Waals surface area (Å²) in [5.41, 5.74) is 2.94. The Morgan fingerprint density at radius 3 is 2.53 bits per heavy atom. The predicted octanol–water partition coefficient (Wildman–Crippen LogP) is 4.89. The van der Waals surface area contributed by atoms with E-state index in [0.29, 0.717) is 18.5 Å². The molecule has 45 heavy (non-hydrogen) atoms. The molecule has 3 amide bonds. The average Bonchev–Trinajstić information content (AvgIpc) is 3.60. The summed E-state index contributed by atoms with van der Waals surface area (Å²) in [6.07, 6.45) is 5.34. The molecule has 12 nitrogen and oxygen atoms in total. The van der Waals surface area contributed by atoms with Crippen molar-refractivity contribution in [2.24, 2.45) is 0 Å². The number of carbonyl (C=O) groups excluding carboxylic acids is 2. The van der Waals surface area contributed by atoms with Crippen molar-refractivity contribution in [2.75, 3.05) is 26.0 Å². The van der Waals surface area contributed by atoms with Gasteiger partial charge in [0.1, 0.15) is 17.7 Å². The highest BCUT2D eigenvalue weighted by Crippen LogP contribution is 2.40. The Balaban J connectivity index is 1.20. The molecule has 1 aliphatic heterocycles. The van der Waals surface area contributed by atoms with Gasteiger partial charge in [-0.1, -0.05) is 45.0 Å². The van der Waals surface area contributed by atoms with Gasteiger partial charge in [0.25, 0.3) is 5.91 Å². The van der Waals surface area contributed by atoms with E-state index in [1.165, 1.54) is 7.05 Å². The summed E-state index contributed by atoms with van der Waals surface area (Å²) in [5, 5.41) is 17.5. The number of aromatic nitrogens is 5. The third-order valence-corrected chi connectivity index (χ3v) is 9.04. The fourth-order valence-electron chi connectivity index (χ4n) is 6.30. The molecular weight excluding hydrogens is 570 g/mol. The molecule has 0 bridgehead atoms. The van der Waals surface area contributed by atoms with Gasteiger partial charge in [-0.15, -0.1) is 10.2 Å². The summed E-state index contributed by atoms with van der Waals surface area (Å²) in [6, 6.07) is 13.0. The lowest BCUT2D eigenvalue weighted by Gasteiger charge is -2.32. The number of urea groups is 1. The standard InChI is InChI=1S/C33H41N9O3/c1-32(2,3)25-18-26(37-28(36-25)29(43)34-5)38-31(44)35-23-13-14-24(22-11-8-7-10-21(22)23)45-20-12-15-27-39-40-30(42(27)19-20)33(4)16-9-17-41(33)6/h7-8,10-12,15,18-19,23-24H,9,13-14,16-17H2,1-6H3,(H,34,43)(H2,35,36,37,38,44)/t23-,24+,33?/m0/s1. The highest BCUT2D eigenvalue weighted by molar-refractivity contribution is 5.92. The molecule has 1 aliphatic carbocycles. The lowest BCUT2D eigenvalue weighted by molar-refractivity contribution is 0.0952. The van der Waals surface area contributed by atoms with Crippen molar-refractivity contribution < 1.29 is 14.3 Å². The van der Waals surface area contributed by atoms with Crippen LogP contribution in [0, 0.1) is 0 Å².